The Labute approximate surface area is 157 Å². The normalized spacial score (nSPS) is 25.7. The minimum absolute atomic E-state index is 0.103. The lowest BCUT2D eigenvalue weighted by Gasteiger charge is -2.19. The van der Waals surface area contributed by atoms with Gasteiger partial charge in [-0.2, -0.15) is 0 Å². The molecule has 1 saturated carbocycles. The average Bonchev–Trinajstić information content (AvgIpc) is 2.86. The molecule has 0 aromatic carbocycles. The summed E-state index contributed by atoms with van der Waals surface area (Å²) in [6, 6.07) is 0. The highest BCUT2D eigenvalue weighted by atomic mass is 16.4. The van der Waals surface area contributed by atoms with E-state index in [1.54, 1.807) is 6.08 Å². The minimum Gasteiger partial charge on any atom is -0.481 e. The zero-order chi connectivity index (χ0) is 19.5. The lowest BCUT2D eigenvalue weighted by Crippen LogP contribution is -2.20. The Morgan fingerprint density at radius 2 is 1.92 bits per heavy atom. The zero-order valence-electron chi connectivity index (χ0n) is 16.3. The van der Waals surface area contributed by atoms with E-state index in [4.69, 9.17) is 5.11 Å². The molecular formula is C21H36O5. The largest absolute Gasteiger partial charge is 0.481 e. The predicted molar refractivity (Wildman–Crippen MR) is 102 cm³/mol. The van der Waals surface area contributed by atoms with Gasteiger partial charge in [0, 0.05) is 24.7 Å². The van der Waals surface area contributed by atoms with E-state index in [9.17, 15) is 19.8 Å². The summed E-state index contributed by atoms with van der Waals surface area (Å²) < 4.78 is 0. The molecule has 5 atom stereocenters. The molecule has 0 radical (unpaired) electrons. The number of ketones is 1. The third-order valence-corrected chi connectivity index (χ3v) is 5.52. The molecule has 1 aliphatic rings. The van der Waals surface area contributed by atoms with E-state index in [2.05, 4.69) is 6.92 Å². The van der Waals surface area contributed by atoms with Crippen molar-refractivity contribution < 1.29 is 24.9 Å². The van der Waals surface area contributed by atoms with Crippen LogP contribution in [0, 0.1) is 17.8 Å². The molecule has 150 valence electrons. The number of carbonyl (C=O) groups excluding carboxylic acids is 1. The number of unbranched alkanes of at least 4 members (excludes halogenated alkanes) is 4. The Morgan fingerprint density at radius 3 is 2.58 bits per heavy atom. The van der Waals surface area contributed by atoms with Crippen LogP contribution in [0.4, 0.5) is 0 Å². The van der Waals surface area contributed by atoms with Crippen molar-refractivity contribution in [3.05, 3.63) is 12.2 Å². The molecule has 5 nitrogen and oxygen atoms in total. The van der Waals surface area contributed by atoms with Crippen molar-refractivity contribution in [1.29, 1.82) is 0 Å². The fourth-order valence-corrected chi connectivity index (χ4v) is 3.71. The maximum absolute atomic E-state index is 12.2. The third kappa shape index (κ3) is 8.00. The van der Waals surface area contributed by atoms with Crippen LogP contribution in [0.5, 0.6) is 0 Å². The second-order valence-electron chi connectivity index (χ2n) is 7.76. The Morgan fingerprint density at radius 1 is 1.23 bits per heavy atom. The lowest BCUT2D eigenvalue weighted by atomic mass is 9.87. The van der Waals surface area contributed by atoms with Crippen molar-refractivity contribution in [2.24, 2.45) is 17.8 Å². The van der Waals surface area contributed by atoms with Gasteiger partial charge in [0.2, 0.25) is 0 Å². The number of aliphatic carboxylic acids is 1. The highest BCUT2D eigenvalue weighted by Crippen LogP contribution is 2.34. The quantitative estimate of drug-likeness (QED) is 0.340. The maximum atomic E-state index is 12.2. The molecule has 26 heavy (non-hydrogen) atoms. The van der Waals surface area contributed by atoms with Crippen LogP contribution in [0.3, 0.4) is 0 Å². The Bertz CT molecular complexity index is 459. The molecule has 0 bridgehead atoms. The first-order valence-corrected chi connectivity index (χ1v) is 10.2. The van der Waals surface area contributed by atoms with Crippen LogP contribution >= 0.6 is 0 Å². The van der Waals surface area contributed by atoms with Crippen LogP contribution in [-0.4, -0.2) is 39.3 Å². The van der Waals surface area contributed by atoms with Gasteiger partial charge in [-0.25, -0.2) is 0 Å². The smallest absolute Gasteiger partial charge is 0.303 e. The summed E-state index contributed by atoms with van der Waals surface area (Å²) in [5.41, 5.74) is 0. The summed E-state index contributed by atoms with van der Waals surface area (Å²) in [7, 11) is 0. The SMILES string of the molecule is CCCCC(C)C(O)/C=C/[C@H]1[C@H](O)CC(=O)[C@@H]1CCCCCCC(=O)O. The van der Waals surface area contributed by atoms with Gasteiger partial charge >= 0.3 is 5.97 Å². The first-order chi connectivity index (χ1) is 12.4. The van der Waals surface area contributed by atoms with Gasteiger partial charge in [0.1, 0.15) is 5.78 Å². The Balaban J connectivity index is 2.46. The number of aliphatic hydroxyl groups is 2. The highest BCUT2D eigenvalue weighted by molar-refractivity contribution is 5.84. The molecule has 0 aliphatic heterocycles. The molecule has 0 spiro atoms. The van der Waals surface area contributed by atoms with Gasteiger partial charge in [-0.3, -0.25) is 9.59 Å². The maximum Gasteiger partial charge on any atom is 0.303 e. The van der Waals surface area contributed by atoms with E-state index >= 15 is 0 Å². The molecular weight excluding hydrogens is 332 g/mol. The molecule has 1 rings (SSSR count). The molecule has 1 fully saturated rings. The van der Waals surface area contributed by atoms with Gasteiger partial charge < -0.3 is 15.3 Å². The number of carbonyl (C=O) groups is 2. The van der Waals surface area contributed by atoms with Crippen LogP contribution in [-0.2, 0) is 9.59 Å². The number of aliphatic hydroxyl groups excluding tert-OH is 2. The van der Waals surface area contributed by atoms with Crippen molar-refractivity contribution in [2.75, 3.05) is 0 Å². The molecule has 1 aliphatic carbocycles. The van der Waals surface area contributed by atoms with Gasteiger partial charge in [0.15, 0.2) is 0 Å². The summed E-state index contributed by atoms with van der Waals surface area (Å²) in [4.78, 5) is 22.7. The Kier molecular flexibility index (Phi) is 10.7. The van der Waals surface area contributed by atoms with Gasteiger partial charge in [-0.1, -0.05) is 58.1 Å². The number of hydrogen-bond acceptors (Lipinski definition) is 4. The van der Waals surface area contributed by atoms with E-state index in [0.29, 0.717) is 6.42 Å². The topological polar surface area (TPSA) is 94.8 Å². The van der Waals surface area contributed by atoms with Crippen molar-refractivity contribution >= 4 is 11.8 Å². The second kappa shape index (κ2) is 12.2. The number of rotatable bonds is 13. The van der Waals surface area contributed by atoms with Crippen LogP contribution in [0.25, 0.3) is 0 Å². The molecule has 0 aromatic heterocycles. The number of carboxylic acid groups (broad SMARTS) is 1. The number of hydrogen-bond donors (Lipinski definition) is 3. The summed E-state index contributed by atoms with van der Waals surface area (Å²) >= 11 is 0. The van der Waals surface area contributed by atoms with Crippen LogP contribution in [0.2, 0.25) is 0 Å². The Hall–Kier alpha value is -1.20. The molecule has 0 aromatic rings. The van der Waals surface area contributed by atoms with Crippen LogP contribution in [0.1, 0.15) is 78.1 Å². The summed E-state index contributed by atoms with van der Waals surface area (Å²) in [6.45, 7) is 4.15. The van der Waals surface area contributed by atoms with Crippen LogP contribution < -0.4 is 0 Å². The summed E-state index contributed by atoms with van der Waals surface area (Å²) in [5, 5.41) is 29.1. The number of carboxylic acids is 1. The standard InChI is InChI=1S/C21H36O5/c1-3-4-9-15(2)18(22)13-12-17-16(19(23)14-20(17)24)10-7-5-6-8-11-21(25)26/h12-13,15-18,20,22,24H,3-11,14H2,1-2H3,(H,25,26)/b13-12+/t15?,16-,17-,18?,20-/m1/s1. The van der Waals surface area contributed by atoms with Crippen molar-refractivity contribution in [3.8, 4) is 0 Å². The molecule has 2 unspecified atom stereocenters. The highest BCUT2D eigenvalue weighted by Gasteiger charge is 2.39. The minimum atomic E-state index is -0.768. The van der Waals surface area contributed by atoms with Crippen LogP contribution in [0.15, 0.2) is 12.2 Å². The predicted octanol–water partition coefficient (Wildman–Crippen LogP) is 3.72. The molecule has 3 N–H and O–H groups in total. The van der Waals surface area contributed by atoms with E-state index in [1.165, 1.54) is 0 Å². The van der Waals surface area contributed by atoms with Gasteiger partial charge in [0.25, 0.3) is 0 Å². The molecule has 0 amide bonds. The van der Waals surface area contributed by atoms with E-state index in [0.717, 1.165) is 44.9 Å². The molecule has 0 saturated heterocycles. The molecule has 5 heteroatoms. The van der Waals surface area contributed by atoms with E-state index < -0.39 is 18.2 Å². The van der Waals surface area contributed by atoms with Crippen molar-refractivity contribution in [2.45, 2.75) is 90.3 Å². The lowest BCUT2D eigenvalue weighted by molar-refractivity contribution is -0.137. The van der Waals surface area contributed by atoms with E-state index in [-0.39, 0.29) is 36.4 Å². The van der Waals surface area contributed by atoms with Crippen molar-refractivity contribution in [3.63, 3.8) is 0 Å². The fraction of sp³-hybridized carbons (Fsp3) is 0.810. The van der Waals surface area contributed by atoms with Crippen molar-refractivity contribution in [1.82, 2.24) is 0 Å². The van der Waals surface area contributed by atoms with E-state index in [1.807, 2.05) is 13.0 Å². The summed E-state index contributed by atoms with van der Waals surface area (Å²) in [6.07, 6.45) is 9.95. The summed E-state index contributed by atoms with van der Waals surface area (Å²) in [5.74, 6) is -0.885. The first kappa shape index (κ1) is 22.8. The average molecular weight is 369 g/mol. The second-order valence-corrected chi connectivity index (χ2v) is 7.76. The fourth-order valence-electron chi connectivity index (χ4n) is 3.71. The molecule has 0 heterocycles. The monoisotopic (exact) mass is 368 g/mol. The first-order valence-electron chi connectivity index (χ1n) is 10.2. The number of Topliss-reactive ketones (excluding diaryl/α,β-unsaturated/α-hetero) is 1. The zero-order valence-corrected chi connectivity index (χ0v) is 16.3. The van der Waals surface area contributed by atoms with Gasteiger partial charge in [-0.15, -0.1) is 0 Å². The van der Waals surface area contributed by atoms with Gasteiger partial charge in [0.05, 0.1) is 12.2 Å². The van der Waals surface area contributed by atoms with Gasteiger partial charge in [-0.05, 0) is 25.2 Å². The third-order valence-electron chi connectivity index (χ3n) is 5.52.